The van der Waals surface area contributed by atoms with Crippen molar-refractivity contribution in [2.24, 2.45) is 4.99 Å². The van der Waals surface area contributed by atoms with Crippen molar-refractivity contribution >= 4 is 35.6 Å². The van der Waals surface area contributed by atoms with Crippen LogP contribution in [0.3, 0.4) is 0 Å². The quantitative estimate of drug-likeness (QED) is 0.484. The summed E-state index contributed by atoms with van der Waals surface area (Å²) in [6.45, 7) is 5.12. The fourth-order valence-corrected chi connectivity index (χ4v) is 2.31. The van der Waals surface area contributed by atoms with E-state index in [1.54, 1.807) is 0 Å². The highest BCUT2D eigenvalue weighted by molar-refractivity contribution is 14.0. The Kier molecular flexibility index (Phi) is 6.97. The highest BCUT2D eigenvalue weighted by Crippen LogP contribution is 2.19. The number of halogens is 1. The monoisotopic (exact) mass is 374 g/mol. The van der Waals surface area contributed by atoms with Crippen LogP contribution in [0.5, 0.6) is 0 Å². The Morgan fingerprint density at radius 1 is 1.37 bits per heavy atom. The Labute approximate surface area is 132 Å². The van der Waals surface area contributed by atoms with Crippen LogP contribution in [-0.4, -0.2) is 38.7 Å². The summed E-state index contributed by atoms with van der Waals surface area (Å²) in [5.41, 5.74) is 1.31. The third-order valence-corrected chi connectivity index (χ3v) is 3.22. The minimum absolute atomic E-state index is 0. The number of hydrogen-bond acceptors (Lipinski definition) is 2. The van der Waals surface area contributed by atoms with Crippen LogP contribution < -0.4 is 15.5 Å². The fraction of sp³-hybridized carbons (Fsp3) is 0.500. The number of rotatable bonds is 3. The summed E-state index contributed by atoms with van der Waals surface area (Å²) in [6.07, 6.45) is 1.15. The van der Waals surface area contributed by atoms with Gasteiger partial charge in [-0.05, 0) is 25.5 Å². The van der Waals surface area contributed by atoms with Crippen molar-refractivity contribution in [2.45, 2.75) is 19.4 Å². The van der Waals surface area contributed by atoms with E-state index in [0.29, 0.717) is 6.04 Å². The Morgan fingerprint density at radius 3 is 2.74 bits per heavy atom. The number of hydrogen-bond donors (Lipinski definition) is 2. The van der Waals surface area contributed by atoms with E-state index in [1.165, 1.54) is 5.69 Å². The first-order valence-electron chi connectivity index (χ1n) is 6.60. The van der Waals surface area contributed by atoms with Crippen LogP contribution in [0.15, 0.2) is 35.3 Å². The van der Waals surface area contributed by atoms with Crippen molar-refractivity contribution in [3.63, 3.8) is 0 Å². The number of aliphatic imine (C=N–C) groups is 1. The van der Waals surface area contributed by atoms with Crippen molar-refractivity contribution in [3.8, 4) is 0 Å². The maximum absolute atomic E-state index is 4.21. The summed E-state index contributed by atoms with van der Waals surface area (Å²) < 4.78 is 0. The maximum atomic E-state index is 4.21. The summed E-state index contributed by atoms with van der Waals surface area (Å²) in [6, 6.07) is 11.1. The van der Waals surface area contributed by atoms with Gasteiger partial charge in [0.15, 0.2) is 5.96 Å². The average molecular weight is 374 g/mol. The van der Waals surface area contributed by atoms with Gasteiger partial charge >= 0.3 is 0 Å². The van der Waals surface area contributed by atoms with Gasteiger partial charge in [0.05, 0.1) is 0 Å². The van der Waals surface area contributed by atoms with E-state index in [-0.39, 0.29) is 24.0 Å². The zero-order valence-electron chi connectivity index (χ0n) is 11.6. The normalized spacial score (nSPS) is 18.9. The molecule has 1 aromatic rings. The summed E-state index contributed by atoms with van der Waals surface area (Å²) in [5, 5.41) is 6.70. The van der Waals surface area contributed by atoms with Gasteiger partial charge in [-0.2, -0.15) is 0 Å². The smallest absolute Gasteiger partial charge is 0.191 e. The third-order valence-electron chi connectivity index (χ3n) is 3.22. The summed E-state index contributed by atoms with van der Waals surface area (Å²) in [5.74, 6) is 0.900. The molecule has 2 N–H and O–H groups in total. The molecule has 0 aromatic heterocycles. The zero-order chi connectivity index (χ0) is 12.8. The summed E-state index contributed by atoms with van der Waals surface area (Å²) in [4.78, 5) is 6.63. The molecule has 2 rings (SSSR count). The lowest BCUT2D eigenvalue weighted by Gasteiger charge is -2.20. The van der Waals surface area contributed by atoms with E-state index in [0.717, 1.165) is 32.0 Å². The Hall–Kier alpha value is -0.980. The number of anilines is 1. The van der Waals surface area contributed by atoms with Gasteiger partial charge in [0.1, 0.15) is 0 Å². The SMILES string of the molecule is CCNC(=NC)NC1CCN(c2ccccc2)C1.I. The molecule has 0 spiro atoms. The molecule has 1 aliphatic rings. The summed E-state index contributed by atoms with van der Waals surface area (Å²) >= 11 is 0. The lowest BCUT2D eigenvalue weighted by atomic mass is 10.3. The number of guanidine groups is 1. The van der Waals surface area contributed by atoms with E-state index in [2.05, 4.69) is 57.8 Å². The van der Waals surface area contributed by atoms with Gasteiger partial charge < -0.3 is 15.5 Å². The van der Waals surface area contributed by atoms with Crippen molar-refractivity contribution in [3.05, 3.63) is 30.3 Å². The van der Waals surface area contributed by atoms with Gasteiger partial charge in [-0.3, -0.25) is 4.99 Å². The first kappa shape index (κ1) is 16.1. The molecule has 0 amide bonds. The molecule has 5 heteroatoms. The van der Waals surface area contributed by atoms with E-state index < -0.39 is 0 Å². The van der Waals surface area contributed by atoms with Gasteiger partial charge in [-0.25, -0.2) is 0 Å². The predicted octanol–water partition coefficient (Wildman–Crippen LogP) is 2.07. The predicted molar refractivity (Wildman–Crippen MR) is 92.6 cm³/mol. The molecule has 0 radical (unpaired) electrons. The second kappa shape index (κ2) is 8.24. The molecule has 1 heterocycles. The van der Waals surface area contributed by atoms with Crippen LogP contribution in [0.25, 0.3) is 0 Å². The van der Waals surface area contributed by atoms with E-state index in [9.17, 15) is 0 Å². The largest absolute Gasteiger partial charge is 0.369 e. The van der Waals surface area contributed by atoms with Crippen molar-refractivity contribution in [2.75, 3.05) is 31.6 Å². The van der Waals surface area contributed by atoms with Crippen molar-refractivity contribution in [1.29, 1.82) is 0 Å². The molecule has 106 valence electrons. The van der Waals surface area contributed by atoms with Crippen molar-refractivity contribution in [1.82, 2.24) is 10.6 Å². The lowest BCUT2D eigenvalue weighted by Crippen LogP contribution is -2.44. The topological polar surface area (TPSA) is 39.7 Å². The standard InChI is InChI=1S/C14H22N4.HI/c1-3-16-14(15-2)17-12-9-10-18(11-12)13-7-5-4-6-8-13;/h4-8,12H,3,9-11H2,1-2H3,(H2,15,16,17);1H. The first-order chi connectivity index (χ1) is 8.83. The number of benzene rings is 1. The van der Waals surface area contributed by atoms with Gasteiger partial charge in [-0.1, -0.05) is 18.2 Å². The molecule has 0 aliphatic carbocycles. The summed E-state index contributed by atoms with van der Waals surface area (Å²) in [7, 11) is 1.81. The molecule has 1 aliphatic heterocycles. The first-order valence-corrected chi connectivity index (χ1v) is 6.60. The van der Waals surface area contributed by atoms with Crippen LogP contribution >= 0.6 is 24.0 Å². The molecule has 19 heavy (non-hydrogen) atoms. The zero-order valence-corrected chi connectivity index (χ0v) is 13.9. The highest BCUT2D eigenvalue weighted by atomic mass is 127. The molecular formula is C14H23IN4. The molecule has 1 aromatic carbocycles. The lowest BCUT2D eigenvalue weighted by molar-refractivity contribution is 0.652. The van der Waals surface area contributed by atoms with Crippen molar-refractivity contribution < 1.29 is 0 Å². The van der Waals surface area contributed by atoms with E-state index in [4.69, 9.17) is 0 Å². The Balaban J connectivity index is 0.00000180. The number of nitrogens with zero attached hydrogens (tertiary/aromatic N) is 2. The van der Waals surface area contributed by atoms with Gasteiger partial charge in [0.2, 0.25) is 0 Å². The second-order valence-corrected chi connectivity index (χ2v) is 4.51. The van der Waals surface area contributed by atoms with Crippen LogP contribution in [0, 0.1) is 0 Å². The van der Waals surface area contributed by atoms with Gasteiger partial charge in [0, 0.05) is 38.4 Å². The minimum atomic E-state index is 0. The molecule has 1 fully saturated rings. The van der Waals surface area contributed by atoms with Crippen LogP contribution in [0.4, 0.5) is 5.69 Å². The molecule has 1 atom stereocenters. The average Bonchev–Trinajstić information content (AvgIpc) is 2.88. The molecule has 1 saturated heterocycles. The Morgan fingerprint density at radius 2 is 2.11 bits per heavy atom. The van der Waals surface area contributed by atoms with Crippen LogP contribution in [0.1, 0.15) is 13.3 Å². The van der Waals surface area contributed by atoms with Gasteiger partial charge in [-0.15, -0.1) is 24.0 Å². The third kappa shape index (κ3) is 4.56. The fourth-order valence-electron chi connectivity index (χ4n) is 2.31. The highest BCUT2D eigenvalue weighted by Gasteiger charge is 2.22. The molecule has 0 bridgehead atoms. The molecule has 4 nitrogen and oxygen atoms in total. The second-order valence-electron chi connectivity index (χ2n) is 4.51. The molecular weight excluding hydrogens is 351 g/mol. The van der Waals surface area contributed by atoms with Crippen LogP contribution in [0.2, 0.25) is 0 Å². The number of nitrogens with one attached hydrogen (secondary N) is 2. The Bertz CT molecular complexity index is 394. The van der Waals surface area contributed by atoms with E-state index in [1.807, 2.05) is 7.05 Å². The molecule has 1 unspecified atom stereocenters. The molecule has 0 saturated carbocycles. The number of para-hydroxylation sites is 1. The van der Waals surface area contributed by atoms with Gasteiger partial charge in [0.25, 0.3) is 0 Å². The maximum Gasteiger partial charge on any atom is 0.191 e. The van der Waals surface area contributed by atoms with Crippen LogP contribution in [-0.2, 0) is 0 Å². The van der Waals surface area contributed by atoms with E-state index >= 15 is 0 Å². The minimum Gasteiger partial charge on any atom is -0.369 e.